The van der Waals surface area contributed by atoms with Gasteiger partial charge in [-0.05, 0) is 26.0 Å². The first-order chi connectivity index (χ1) is 16.2. The van der Waals surface area contributed by atoms with Crippen molar-refractivity contribution in [1.82, 2.24) is 0 Å². The predicted molar refractivity (Wildman–Crippen MR) is 131 cm³/mol. The summed E-state index contributed by atoms with van der Waals surface area (Å²) < 4.78 is 22.5. The lowest BCUT2D eigenvalue weighted by Crippen LogP contribution is -3.00. The van der Waals surface area contributed by atoms with Gasteiger partial charge in [-0.3, -0.25) is 9.59 Å². The Morgan fingerprint density at radius 2 is 1.60 bits per heavy atom. The molecule has 2 rings (SSSR count). The fourth-order valence-electron chi connectivity index (χ4n) is 3.82. The van der Waals surface area contributed by atoms with E-state index >= 15 is 0 Å². The van der Waals surface area contributed by atoms with Gasteiger partial charge in [0.2, 0.25) is 0 Å². The fourth-order valence-corrected chi connectivity index (χ4v) is 3.82. The van der Waals surface area contributed by atoms with E-state index in [0.29, 0.717) is 30.1 Å². The Bertz CT molecular complexity index is 939. The van der Waals surface area contributed by atoms with Crippen LogP contribution >= 0.6 is 0 Å². The summed E-state index contributed by atoms with van der Waals surface area (Å²) in [6.45, 7) is 8.37. The second-order valence-electron chi connectivity index (χ2n) is 8.78. The molecule has 0 fully saturated rings. The van der Waals surface area contributed by atoms with Gasteiger partial charge in [0, 0.05) is 50.2 Å². The highest BCUT2D eigenvalue weighted by Gasteiger charge is 2.20. The van der Waals surface area contributed by atoms with Crippen LogP contribution in [0.4, 0.5) is 0 Å². The van der Waals surface area contributed by atoms with Gasteiger partial charge in [-0.15, -0.1) is 0 Å². The second kappa shape index (κ2) is 15.0. The molecule has 0 aromatic heterocycles. The molecule has 0 radical (unpaired) electrons. The quantitative estimate of drug-likeness (QED) is 0.117. The van der Waals surface area contributed by atoms with E-state index in [9.17, 15) is 9.59 Å². The van der Waals surface area contributed by atoms with Crippen molar-refractivity contribution < 1.29 is 50.0 Å². The van der Waals surface area contributed by atoms with Crippen LogP contribution in [0.15, 0.2) is 42.5 Å². The minimum atomic E-state index is -0.494. The molecule has 7 nitrogen and oxygen atoms in total. The maximum atomic E-state index is 13.1. The highest BCUT2D eigenvalue weighted by molar-refractivity contribution is 6.11. The highest BCUT2D eigenvalue weighted by atomic mass is 79.9. The number of nitrogens with zero attached hydrogens (tertiary/aromatic N) is 1. The summed E-state index contributed by atoms with van der Waals surface area (Å²) in [5, 5.41) is 0. The van der Waals surface area contributed by atoms with E-state index < -0.39 is 5.97 Å². The van der Waals surface area contributed by atoms with Crippen molar-refractivity contribution in [3.63, 3.8) is 0 Å². The first-order valence-corrected chi connectivity index (χ1v) is 11.7. The van der Waals surface area contributed by atoms with E-state index in [-0.39, 0.29) is 34.8 Å². The summed E-state index contributed by atoms with van der Waals surface area (Å²) in [6, 6.07) is 12.4. The molecule has 0 saturated carbocycles. The minimum Gasteiger partial charge on any atom is -1.00 e. The Morgan fingerprint density at radius 3 is 2.14 bits per heavy atom. The Hall–Kier alpha value is -2.26. The molecule has 0 atom stereocenters. The summed E-state index contributed by atoms with van der Waals surface area (Å²) >= 11 is 0. The van der Waals surface area contributed by atoms with Gasteiger partial charge in [0.05, 0.1) is 33.3 Å². The Labute approximate surface area is 219 Å². The fraction of sp³-hybridized carbons (Fsp3) is 0.481. The van der Waals surface area contributed by atoms with Crippen LogP contribution in [0.1, 0.15) is 55.1 Å². The van der Waals surface area contributed by atoms with E-state index in [1.807, 2.05) is 38.1 Å². The molecule has 0 aliphatic carbocycles. The van der Waals surface area contributed by atoms with Crippen molar-refractivity contribution in [2.75, 3.05) is 41.0 Å². The van der Waals surface area contributed by atoms with Gasteiger partial charge >= 0.3 is 5.97 Å². The standard InChI is InChI=1S/C27H38NO6.BrH/c1-7-32-26(33-8-2)10-9-17-28(4,5)19-21-11-13-22(14-12-21)27(30)24-16-15-23(31-6)18-25(24)34-20(3)29;/h11-16,18,26H,7-10,17,19H2,1-6H3;1H/q+1;/p-1. The largest absolute Gasteiger partial charge is 1.00 e. The van der Waals surface area contributed by atoms with Gasteiger partial charge < -0.3 is 40.4 Å². The normalized spacial score (nSPS) is 11.2. The summed E-state index contributed by atoms with van der Waals surface area (Å²) in [5.41, 5.74) is 1.99. The third-order valence-electron chi connectivity index (χ3n) is 5.42. The van der Waals surface area contributed by atoms with Crippen molar-refractivity contribution in [1.29, 1.82) is 0 Å². The van der Waals surface area contributed by atoms with Crippen LogP contribution in [0, 0.1) is 0 Å². The predicted octanol–water partition coefficient (Wildman–Crippen LogP) is 1.61. The monoisotopic (exact) mass is 551 g/mol. The molecular formula is C27H38BrNO6. The van der Waals surface area contributed by atoms with Gasteiger partial charge in [0.1, 0.15) is 18.0 Å². The van der Waals surface area contributed by atoms with Crippen molar-refractivity contribution in [2.24, 2.45) is 0 Å². The number of carbonyl (C=O) groups is 2. The molecule has 0 amide bonds. The number of hydrogen-bond donors (Lipinski definition) is 0. The van der Waals surface area contributed by atoms with Crippen LogP contribution in [0.5, 0.6) is 11.5 Å². The Morgan fingerprint density at radius 1 is 0.971 bits per heavy atom. The van der Waals surface area contributed by atoms with Crippen LogP contribution in [0.2, 0.25) is 0 Å². The van der Waals surface area contributed by atoms with Gasteiger partial charge in [-0.25, -0.2) is 0 Å². The Balaban J connectivity index is 0.00000612. The SMILES string of the molecule is CCOC(CCC[N+](C)(C)Cc1ccc(C(=O)c2ccc(OC)cc2OC(C)=O)cc1)OCC.[Br-]. The molecule has 0 unspecified atom stereocenters. The summed E-state index contributed by atoms with van der Waals surface area (Å²) in [7, 11) is 5.90. The van der Waals surface area contributed by atoms with Crippen molar-refractivity contribution in [3.05, 3.63) is 59.2 Å². The summed E-state index contributed by atoms with van der Waals surface area (Å²) in [4.78, 5) is 24.6. The molecule has 0 N–H and O–H groups in total. The number of carbonyl (C=O) groups excluding carboxylic acids is 2. The first-order valence-electron chi connectivity index (χ1n) is 11.7. The number of quaternary nitrogens is 1. The van der Waals surface area contributed by atoms with E-state index in [0.717, 1.165) is 36.0 Å². The van der Waals surface area contributed by atoms with Crippen LogP contribution in [0.25, 0.3) is 0 Å². The third-order valence-corrected chi connectivity index (χ3v) is 5.42. The number of benzene rings is 2. The number of rotatable bonds is 14. The van der Waals surface area contributed by atoms with E-state index in [4.69, 9.17) is 18.9 Å². The smallest absolute Gasteiger partial charge is 0.308 e. The molecule has 2 aromatic rings. The molecule has 194 valence electrons. The van der Waals surface area contributed by atoms with Crippen LogP contribution in [0.3, 0.4) is 0 Å². The molecule has 0 heterocycles. The van der Waals surface area contributed by atoms with Crippen molar-refractivity contribution in [2.45, 2.75) is 46.4 Å². The van der Waals surface area contributed by atoms with Gasteiger partial charge in [-0.2, -0.15) is 0 Å². The molecule has 0 aliphatic heterocycles. The van der Waals surface area contributed by atoms with Crippen LogP contribution < -0.4 is 26.5 Å². The van der Waals surface area contributed by atoms with Crippen LogP contribution in [-0.4, -0.2) is 63.5 Å². The van der Waals surface area contributed by atoms with Crippen molar-refractivity contribution in [3.8, 4) is 11.5 Å². The van der Waals surface area contributed by atoms with Gasteiger partial charge in [0.25, 0.3) is 0 Å². The molecular weight excluding hydrogens is 514 g/mol. The first kappa shape index (κ1) is 30.8. The molecule has 0 aliphatic rings. The molecule has 35 heavy (non-hydrogen) atoms. The number of esters is 1. The molecule has 0 bridgehead atoms. The van der Waals surface area contributed by atoms with Crippen molar-refractivity contribution >= 4 is 11.8 Å². The van der Waals surface area contributed by atoms with E-state index in [1.54, 1.807) is 18.2 Å². The number of hydrogen-bond acceptors (Lipinski definition) is 6. The molecule has 8 heteroatoms. The van der Waals surface area contributed by atoms with Gasteiger partial charge in [0.15, 0.2) is 12.1 Å². The zero-order valence-electron chi connectivity index (χ0n) is 21.6. The number of methoxy groups -OCH3 is 1. The maximum Gasteiger partial charge on any atom is 0.308 e. The Kier molecular flexibility index (Phi) is 13.2. The second-order valence-corrected chi connectivity index (χ2v) is 8.78. The lowest BCUT2D eigenvalue weighted by molar-refractivity contribution is -0.903. The molecule has 0 spiro atoms. The van der Waals surface area contributed by atoms with Crippen LogP contribution in [-0.2, 0) is 20.8 Å². The minimum absolute atomic E-state index is 0. The van der Waals surface area contributed by atoms with Gasteiger partial charge in [-0.1, -0.05) is 24.3 Å². The summed E-state index contributed by atoms with van der Waals surface area (Å²) in [5.74, 6) is -0.00306. The number of ketones is 1. The van der Waals surface area contributed by atoms with E-state index in [2.05, 4.69) is 14.1 Å². The zero-order chi connectivity index (χ0) is 25.1. The number of halogens is 1. The third kappa shape index (κ3) is 10.1. The highest BCUT2D eigenvalue weighted by Crippen LogP contribution is 2.27. The lowest BCUT2D eigenvalue weighted by Gasteiger charge is -2.30. The average Bonchev–Trinajstić information content (AvgIpc) is 2.78. The molecule has 0 saturated heterocycles. The topological polar surface area (TPSA) is 71.1 Å². The number of ether oxygens (including phenoxy) is 4. The summed E-state index contributed by atoms with van der Waals surface area (Å²) in [6.07, 6.45) is 1.71. The lowest BCUT2D eigenvalue weighted by atomic mass is 10.0. The molecule has 2 aromatic carbocycles. The van der Waals surface area contributed by atoms with E-state index in [1.165, 1.54) is 14.0 Å². The average molecular weight is 553 g/mol. The maximum absolute atomic E-state index is 13.1. The zero-order valence-corrected chi connectivity index (χ0v) is 23.2.